The summed E-state index contributed by atoms with van der Waals surface area (Å²) in [5, 5.41) is 10.4. The third kappa shape index (κ3) is 3.69. The van der Waals surface area contributed by atoms with E-state index in [1.165, 1.54) is 11.1 Å². The maximum absolute atomic E-state index is 10.4. The molecule has 0 radical (unpaired) electrons. The summed E-state index contributed by atoms with van der Waals surface area (Å²) >= 11 is 0. The fourth-order valence-corrected chi connectivity index (χ4v) is 2.33. The van der Waals surface area contributed by atoms with E-state index in [0.717, 1.165) is 12.0 Å². The van der Waals surface area contributed by atoms with E-state index >= 15 is 0 Å². The van der Waals surface area contributed by atoms with Crippen LogP contribution in [0.15, 0.2) is 54.6 Å². The number of aliphatic hydroxyl groups excluding tert-OH is 1. The molecule has 2 nitrogen and oxygen atoms in total. The van der Waals surface area contributed by atoms with Crippen LogP contribution in [0.5, 0.6) is 0 Å². The predicted molar refractivity (Wildman–Crippen MR) is 81.7 cm³/mol. The molecule has 2 atom stereocenters. The van der Waals surface area contributed by atoms with Crippen molar-refractivity contribution in [2.24, 2.45) is 0 Å². The largest absolute Gasteiger partial charge is 0.386 e. The number of aliphatic hydroxyl groups is 1. The van der Waals surface area contributed by atoms with Crippen LogP contribution in [0.4, 0.5) is 0 Å². The summed E-state index contributed by atoms with van der Waals surface area (Å²) in [7, 11) is 1.65. The van der Waals surface area contributed by atoms with Crippen LogP contribution in [-0.2, 0) is 17.6 Å². The molecule has 0 aromatic heterocycles. The van der Waals surface area contributed by atoms with E-state index in [0.29, 0.717) is 6.42 Å². The van der Waals surface area contributed by atoms with Crippen LogP contribution < -0.4 is 0 Å². The molecule has 2 rings (SSSR count). The van der Waals surface area contributed by atoms with Gasteiger partial charge in [-0.25, -0.2) is 0 Å². The number of hydrogen-bond donors (Lipinski definition) is 1. The average molecular weight is 270 g/mol. The predicted octanol–water partition coefficient (Wildman–Crippen LogP) is 3.54. The Balaban J connectivity index is 2.08. The summed E-state index contributed by atoms with van der Waals surface area (Å²) in [6.07, 6.45) is 0.911. The van der Waals surface area contributed by atoms with Crippen molar-refractivity contribution in [3.63, 3.8) is 0 Å². The minimum absolute atomic E-state index is 0.232. The minimum Gasteiger partial charge on any atom is -0.386 e. The van der Waals surface area contributed by atoms with E-state index in [9.17, 15) is 5.11 Å². The first-order valence-corrected chi connectivity index (χ1v) is 7.08. The summed E-state index contributed by atoms with van der Waals surface area (Å²) in [4.78, 5) is 0. The van der Waals surface area contributed by atoms with Crippen molar-refractivity contribution < 1.29 is 9.84 Å². The first-order chi connectivity index (χ1) is 9.74. The molecule has 0 amide bonds. The van der Waals surface area contributed by atoms with Crippen molar-refractivity contribution in [2.75, 3.05) is 7.11 Å². The molecule has 0 fully saturated rings. The second-order valence-electron chi connectivity index (χ2n) is 5.00. The molecule has 0 heterocycles. The van der Waals surface area contributed by atoms with Gasteiger partial charge in [0.25, 0.3) is 0 Å². The molecule has 2 aromatic carbocycles. The Morgan fingerprint density at radius 1 is 0.950 bits per heavy atom. The number of ether oxygens (including phenoxy) is 1. The highest BCUT2D eigenvalue weighted by Gasteiger charge is 2.20. The van der Waals surface area contributed by atoms with Crippen LogP contribution >= 0.6 is 0 Å². The van der Waals surface area contributed by atoms with Gasteiger partial charge in [0.15, 0.2) is 0 Å². The van der Waals surface area contributed by atoms with E-state index in [1.54, 1.807) is 7.11 Å². The van der Waals surface area contributed by atoms with E-state index in [1.807, 2.05) is 30.3 Å². The van der Waals surface area contributed by atoms with Gasteiger partial charge in [-0.15, -0.1) is 0 Å². The number of hydrogen-bond acceptors (Lipinski definition) is 2. The summed E-state index contributed by atoms with van der Waals surface area (Å²) in [6, 6.07) is 18.2. The van der Waals surface area contributed by atoms with Crippen LogP contribution in [0.25, 0.3) is 0 Å². The molecular weight excluding hydrogens is 248 g/mol. The second-order valence-corrected chi connectivity index (χ2v) is 5.00. The molecule has 1 N–H and O–H groups in total. The Morgan fingerprint density at radius 2 is 1.55 bits per heavy atom. The third-order valence-corrected chi connectivity index (χ3v) is 3.66. The zero-order chi connectivity index (χ0) is 14.4. The molecule has 106 valence electrons. The van der Waals surface area contributed by atoms with E-state index in [4.69, 9.17) is 4.74 Å². The van der Waals surface area contributed by atoms with Crippen molar-refractivity contribution in [3.8, 4) is 0 Å². The third-order valence-electron chi connectivity index (χ3n) is 3.66. The lowest BCUT2D eigenvalue weighted by molar-refractivity contribution is -0.0125. The summed E-state index contributed by atoms with van der Waals surface area (Å²) in [5.74, 6) is 0. The van der Waals surface area contributed by atoms with E-state index in [2.05, 4.69) is 31.2 Å². The molecular formula is C18H22O2. The molecule has 0 aliphatic carbocycles. The number of rotatable bonds is 6. The normalized spacial score (nSPS) is 13.9. The Morgan fingerprint density at radius 3 is 2.10 bits per heavy atom. The average Bonchev–Trinajstić information content (AvgIpc) is 2.53. The standard InChI is InChI=1S/C18H22O2/c1-3-14-9-11-15(12-10-14)13-17(20-2)18(19)16-7-5-4-6-8-16/h4-12,17-19H,3,13H2,1-2H3. The zero-order valence-corrected chi connectivity index (χ0v) is 12.1. The van der Waals surface area contributed by atoms with Crippen LogP contribution in [0, 0.1) is 0 Å². The maximum Gasteiger partial charge on any atom is 0.105 e. The zero-order valence-electron chi connectivity index (χ0n) is 12.1. The van der Waals surface area contributed by atoms with Crippen molar-refractivity contribution in [2.45, 2.75) is 32.0 Å². The summed E-state index contributed by atoms with van der Waals surface area (Å²) in [5.41, 5.74) is 3.40. The molecule has 0 aliphatic heterocycles. The van der Waals surface area contributed by atoms with Crippen molar-refractivity contribution in [1.29, 1.82) is 0 Å². The monoisotopic (exact) mass is 270 g/mol. The molecule has 2 unspecified atom stereocenters. The molecule has 0 spiro atoms. The molecule has 0 aliphatic rings. The van der Waals surface area contributed by atoms with E-state index < -0.39 is 6.10 Å². The van der Waals surface area contributed by atoms with Gasteiger partial charge in [0, 0.05) is 13.5 Å². The summed E-state index contributed by atoms with van der Waals surface area (Å²) in [6.45, 7) is 2.14. The Labute approximate surface area is 121 Å². The maximum atomic E-state index is 10.4. The van der Waals surface area contributed by atoms with Gasteiger partial charge in [0.05, 0.1) is 6.10 Å². The fraction of sp³-hybridized carbons (Fsp3) is 0.333. The lowest BCUT2D eigenvalue weighted by Crippen LogP contribution is -2.23. The highest BCUT2D eigenvalue weighted by molar-refractivity contribution is 5.24. The lowest BCUT2D eigenvalue weighted by Gasteiger charge is -2.22. The van der Waals surface area contributed by atoms with Crippen molar-refractivity contribution >= 4 is 0 Å². The Hall–Kier alpha value is -1.64. The van der Waals surface area contributed by atoms with Gasteiger partial charge in [0.2, 0.25) is 0 Å². The quantitative estimate of drug-likeness (QED) is 0.870. The Bertz CT molecular complexity index is 505. The van der Waals surface area contributed by atoms with Crippen molar-refractivity contribution in [3.05, 3.63) is 71.3 Å². The smallest absolute Gasteiger partial charge is 0.105 e. The SMILES string of the molecule is CCc1ccc(CC(OC)C(O)c2ccccc2)cc1. The topological polar surface area (TPSA) is 29.5 Å². The number of aryl methyl sites for hydroxylation is 1. The Kier molecular flexibility index (Phi) is 5.33. The molecule has 0 bridgehead atoms. The second kappa shape index (κ2) is 7.22. The van der Waals surface area contributed by atoms with Gasteiger partial charge in [-0.2, -0.15) is 0 Å². The number of benzene rings is 2. The van der Waals surface area contributed by atoms with Gasteiger partial charge in [-0.05, 0) is 23.1 Å². The van der Waals surface area contributed by atoms with Gasteiger partial charge >= 0.3 is 0 Å². The van der Waals surface area contributed by atoms with Crippen molar-refractivity contribution in [1.82, 2.24) is 0 Å². The van der Waals surface area contributed by atoms with Gasteiger partial charge in [0.1, 0.15) is 6.10 Å². The lowest BCUT2D eigenvalue weighted by atomic mass is 9.97. The molecule has 2 heteroatoms. The number of methoxy groups -OCH3 is 1. The van der Waals surface area contributed by atoms with E-state index in [-0.39, 0.29) is 6.10 Å². The van der Waals surface area contributed by atoms with Crippen LogP contribution in [0.2, 0.25) is 0 Å². The molecule has 0 saturated carbocycles. The first kappa shape index (κ1) is 14.8. The van der Waals surface area contributed by atoms with Gasteiger partial charge < -0.3 is 9.84 Å². The van der Waals surface area contributed by atoms with Crippen LogP contribution in [-0.4, -0.2) is 18.3 Å². The molecule has 20 heavy (non-hydrogen) atoms. The van der Waals surface area contributed by atoms with Crippen LogP contribution in [0.1, 0.15) is 29.7 Å². The first-order valence-electron chi connectivity index (χ1n) is 7.08. The van der Waals surface area contributed by atoms with Crippen LogP contribution in [0.3, 0.4) is 0 Å². The molecule has 0 saturated heterocycles. The fourth-order valence-electron chi connectivity index (χ4n) is 2.33. The summed E-state index contributed by atoms with van der Waals surface area (Å²) < 4.78 is 5.48. The molecule has 2 aromatic rings. The highest BCUT2D eigenvalue weighted by Crippen LogP contribution is 2.22. The van der Waals surface area contributed by atoms with Gasteiger partial charge in [-0.3, -0.25) is 0 Å². The van der Waals surface area contributed by atoms with Gasteiger partial charge in [-0.1, -0.05) is 61.5 Å². The highest BCUT2D eigenvalue weighted by atomic mass is 16.5. The minimum atomic E-state index is -0.605.